The zero-order valence-electron chi connectivity index (χ0n) is 18.3. The van der Waals surface area contributed by atoms with E-state index in [1.54, 1.807) is 0 Å². The first kappa shape index (κ1) is 22.6. The van der Waals surface area contributed by atoms with Crippen molar-refractivity contribution in [3.8, 4) is 6.07 Å². The summed E-state index contributed by atoms with van der Waals surface area (Å²) in [6.45, 7) is 8.20. The number of rotatable bonds is 6. The van der Waals surface area contributed by atoms with Crippen molar-refractivity contribution in [2.75, 3.05) is 11.1 Å². The number of allylic oxidation sites excluding steroid dienone is 1. The third-order valence-corrected chi connectivity index (χ3v) is 6.38. The first-order chi connectivity index (χ1) is 14.8. The van der Waals surface area contributed by atoms with Gasteiger partial charge in [0.15, 0.2) is 0 Å². The van der Waals surface area contributed by atoms with E-state index in [-0.39, 0.29) is 29.9 Å². The van der Waals surface area contributed by atoms with Gasteiger partial charge in [-0.2, -0.15) is 5.26 Å². The zero-order chi connectivity index (χ0) is 22.5. The van der Waals surface area contributed by atoms with Crippen molar-refractivity contribution >= 4 is 29.3 Å². The van der Waals surface area contributed by atoms with Gasteiger partial charge in [0.1, 0.15) is 0 Å². The summed E-state index contributed by atoms with van der Waals surface area (Å²) in [6, 6.07) is 16.2. The molecule has 1 aliphatic rings. The van der Waals surface area contributed by atoms with Gasteiger partial charge in [-0.05, 0) is 42.5 Å². The van der Waals surface area contributed by atoms with E-state index in [4.69, 9.17) is 0 Å². The number of anilines is 1. The fourth-order valence-corrected chi connectivity index (χ4v) is 4.49. The van der Waals surface area contributed by atoms with E-state index in [0.29, 0.717) is 16.5 Å². The van der Waals surface area contributed by atoms with E-state index in [9.17, 15) is 14.9 Å². The largest absolute Gasteiger partial charge is 0.325 e. The van der Waals surface area contributed by atoms with Gasteiger partial charge in [0.2, 0.25) is 11.8 Å². The first-order valence-electron chi connectivity index (χ1n) is 10.3. The highest BCUT2D eigenvalue weighted by atomic mass is 32.2. The minimum Gasteiger partial charge on any atom is -0.325 e. The highest BCUT2D eigenvalue weighted by Gasteiger charge is 2.30. The molecule has 160 valence electrons. The molecule has 0 bridgehead atoms. The molecule has 1 unspecified atom stereocenters. The van der Waals surface area contributed by atoms with Crippen molar-refractivity contribution in [3.05, 3.63) is 75.3 Å². The fourth-order valence-electron chi connectivity index (χ4n) is 3.61. The molecule has 0 aromatic heterocycles. The van der Waals surface area contributed by atoms with Gasteiger partial charge < -0.3 is 10.6 Å². The van der Waals surface area contributed by atoms with E-state index in [1.807, 2.05) is 56.3 Å². The lowest BCUT2D eigenvalue weighted by Gasteiger charge is -2.25. The Morgan fingerprint density at radius 3 is 2.55 bits per heavy atom. The number of carbonyl (C=O) groups excluding carboxylic acids is 2. The van der Waals surface area contributed by atoms with Crippen molar-refractivity contribution in [1.82, 2.24) is 5.32 Å². The molecule has 1 heterocycles. The minimum absolute atomic E-state index is 0.104. The summed E-state index contributed by atoms with van der Waals surface area (Å²) in [5.41, 5.74) is 5.54. The van der Waals surface area contributed by atoms with Gasteiger partial charge in [0.05, 0.1) is 22.4 Å². The monoisotopic (exact) mass is 433 g/mol. The van der Waals surface area contributed by atoms with Crippen LogP contribution in [0.5, 0.6) is 0 Å². The normalized spacial score (nSPS) is 16.1. The number of benzene rings is 2. The summed E-state index contributed by atoms with van der Waals surface area (Å²) in [4.78, 5) is 24.8. The Balaban J connectivity index is 1.75. The maximum Gasteiger partial charge on any atom is 0.234 e. The number of nitriles is 1. The molecule has 0 spiro atoms. The number of thioether (sulfide) groups is 1. The molecule has 2 aromatic rings. The summed E-state index contributed by atoms with van der Waals surface area (Å²) < 4.78 is 0. The summed E-state index contributed by atoms with van der Waals surface area (Å²) in [5, 5.41) is 16.0. The topological polar surface area (TPSA) is 82.0 Å². The number of hydrogen-bond donors (Lipinski definition) is 2. The molecule has 2 amide bonds. The smallest absolute Gasteiger partial charge is 0.234 e. The number of carbonyl (C=O) groups is 2. The minimum atomic E-state index is -0.301. The number of hydrogen-bond acceptors (Lipinski definition) is 4. The molecule has 2 aromatic carbocycles. The maximum atomic E-state index is 12.5. The van der Waals surface area contributed by atoms with Crippen LogP contribution in [0.15, 0.2) is 53.1 Å². The lowest BCUT2D eigenvalue weighted by Crippen LogP contribution is -2.31. The number of nitrogens with one attached hydrogen (secondary N) is 2. The lowest BCUT2D eigenvalue weighted by atomic mass is 9.86. The predicted octanol–water partition coefficient (Wildman–Crippen LogP) is 5.14. The Morgan fingerprint density at radius 2 is 1.94 bits per heavy atom. The Labute approximate surface area is 187 Å². The molecule has 3 rings (SSSR count). The van der Waals surface area contributed by atoms with Crippen LogP contribution in [0, 0.1) is 25.2 Å². The Kier molecular flexibility index (Phi) is 7.19. The quantitative estimate of drug-likeness (QED) is 0.661. The lowest BCUT2D eigenvalue weighted by molar-refractivity contribution is -0.121. The summed E-state index contributed by atoms with van der Waals surface area (Å²) >= 11 is 1.19. The van der Waals surface area contributed by atoms with E-state index in [1.165, 1.54) is 17.3 Å². The van der Waals surface area contributed by atoms with Gasteiger partial charge >= 0.3 is 0 Å². The molecule has 0 fully saturated rings. The number of aryl methyl sites for hydroxylation is 2. The van der Waals surface area contributed by atoms with Crippen molar-refractivity contribution < 1.29 is 9.59 Å². The molecule has 0 saturated heterocycles. The standard InChI is InChI=1S/C25H27N3O2S/c1-15(2)18-6-8-19(9-7-18)20-12-23(29)28-25(21(20)13-26)31-14-24(30)27-22-10-5-16(3)11-17(22)4/h5-11,15,20H,12,14H2,1-4H3,(H,27,30)(H,28,29). The van der Waals surface area contributed by atoms with Gasteiger partial charge in [-0.15, -0.1) is 0 Å². The maximum absolute atomic E-state index is 12.5. The second kappa shape index (κ2) is 9.84. The average molecular weight is 434 g/mol. The van der Waals surface area contributed by atoms with E-state index >= 15 is 0 Å². The highest BCUT2D eigenvalue weighted by Crippen LogP contribution is 2.36. The third-order valence-electron chi connectivity index (χ3n) is 5.37. The van der Waals surface area contributed by atoms with Crippen molar-refractivity contribution in [1.29, 1.82) is 5.26 Å². The van der Waals surface area contributed by atoms with Crippen LogP contribution >= 0.6 is 11.8 Å². The van der Waals surface area contributed by atoms with Gasteiger partial charge in [-0.1, -0.05) is 67.6 Å². The third kappa shape index (κ3) is 5.56. The van der Waals surface area contributed by atoms with Gasteiger partial charge in [-0.3, -0.25) is 9.59 Å². The molecule has 6 heteroatoms. The molecule has 0 aliphatic carbocycles. The van der Waals surface area contributed by atoms with Crippen LogP contribution in [0.2, 0.25) is 0 Å². The molecular weight excluding hydrogens is 406 g/mol. The van der Waals surface area contributed by atoms with E-state index < -0.39 is 0 Å². The van der Waals surface area contributed by atoms with E-state index in [0.717, 1.165) is 22.4 Å². The van der Waals surface area contributed by atoms with Crippen LogP contribution in [-0.4, -0.2) is 17.6 Å². The SMILES string of the molecule is Cc1ccc(NC(=O)CSC2=C(C#N)C(c3ccc(C(C)C)cc3)CC(=O)N2)c(C)c1. The number of amides is 2. The Bertz CT molecular complexity index is 1070. The summed E-state index contributed by atoms with van der Waals surface area (Å²) in [5.74, 6) is -0.109. The summed E-state index contributed by atoms with van der Waals surface area (Å²) in [6.07, 6.45) is 0.225. The van der Waals surface area contributed by atoms with Gasteiger partial charge in [-0.25, -0.2) is 0 Å². The van der Waals surface area contributed by atoms with Crippen molar-refractivity contribution in [2.24, 2.45) is 0 Å². The Hall–Kier alpha value is -3.04. The molecule has 5 nitrogen and oxygen atoms in total. The van der Waals surface area contributed by atoms with Crippen LogP contribution in [0.4, 0.5) is 5.69 Å². The van der Waals surface area contributed by atoms with Crippen LogP contribution in [0.25, 0.3) is 0 Å². The second-order valence-electron chi connectivity index (χ2n) is 8.14. The van der Waals surface area contributed by atoms with Crippen LogP contribution in [-0.2, 0) is 9.59 Å². The van der Waals surface area contributed by atoms with Crippen LogP contribution in [0.3, 0.4) is 0 Å². The van der Waals surface area contributed by atoms with Crippen LogP contribution in [0.1, 0.15) is 54.4 Å². The molecule has 0 saturated carbocycles. The van der Waals surface area contributed by atoms with Gasteiger partial charge in [0.25, 0.3) is 0 Å². The van der Waals surface area contributed by atoms with Crippen molar-refractivity contribution in [3.63, 3.8) is 0 Å². The molecular formula is C25H27N3O2S. The summed E-state index contributed by atoms with van der Waals surface area (Å²) in [7, 11) is 0. The molecule has 1 atom stereocenters. The molecule has 2 N–H and O–H groups in total. The first-order valence-corrected chi connectivity index (χ1v) is 11.3. The number of nitrogens with zero attached hydrogens (tertiary/aromatic N) is 1. The molecule has 0 radical (unpaired) electrons. The second-order valence-corrected chi connectivity index (χ2v) is 9.12. The fraction of sp³-hybridized carbons (Fsp3) is 0.320. The molecule has 1 aliphatic heterocycles. The molecule has 31 heavy (non-hydrogen) atoms. The predicted molar refractivity (Wildman–Crippen MR) is 126 cm³/mol. The van der Waals surface area contributed by atoms with Gasteiger partial charge in [0, 0.05) is 18.0 Å². The van der Waals surface area contributed by atoms with E-state index in [2.05, 4.69) is 30.6 Å². The van der Waals surface area contributed by atoms with Crippen LogP contribution < -0.4 is 10.6 Å². The average Bonchev–Trinajstić information content (AvgIpc) is 2.74. The van der Waals surface area contributed by atoms with Crippen molar-refractivity contribution in [2.45, 2.75) is 46.0 Å². The Morgan fingerprint density at radius 1 is 1.23 bits per heavy atom. The zero-order valence-corrected chi connectivity index (χ0v) is 19.1. The highest BCUT2D eigenvalue weighted by molar-refractivity contribution is 8.03.